The number of ketones is 1. The highest BCUT2D eigenvalue weighted by molar-refractivity contribution is 9.10. The third-order valence-electron chi connectivity index (χ3n) is 2.61. The smallest absolute Gasteiger partial charge is 0.331 e. The molecule has 4 heteroatoms. The van der Waals surface area contributed by atoms with Crippen LogP contribution in [-0.4, -0.2) is 21.7 Å². The van der Waals surface area contributed by atoms with Crippen LogP contribution in [-0.2, 0) is 9.53 Å². The molecular weight excluding hydrogens is 308 g/mol. The van der Waals surface area contributed by atoms with E-state index in [0.29, 0.717) is 12.0 Å². The number of hydrogen-bond donors (Lipinski definition) is 0. The second-order valence-electron chi connectivity index (χ2n) is 5.35. The molecule has 1 unspecified atom stereocenters. The van der Waals surface area contributed by atoms with E-state index in [-0.39, 0.29) is 5.78 Å². The molecule has 0 N–H and O–H groups in total. The van der Waals surface area contributed by atoms with Crippen LogP contribution in [0.25, 0.3) is 0 Å². The highest BCUT2D eigenvalue weighted by atomic mass is 79.9. The van der Waals surface area contributed by atoms with Crippen LogP contribution < -0.4 is 0 Å². The van der Waals surface area contributed by atoms with Crippen LogP contribution in [0, 0.1) is 0 Å². The number of carbonyl (C=O) groups is 2. The molecule has 1 aromatic carbocycles. The predicted molar refractivity (Wildman–Crippen MR) is 78.6 cm³/mol. The van der Waals surface area contributed by atoms with Gasteiger partial charge in [-0.05, 0) is 27.2 Å². The average Bonchev–Trinajstić information content (AvgIpc) is 2.35. The van der Waals surface area contributed by atoms with Crippen molar-refractivity contribution in [3.63, 3.8) is 0 Å². The second kappa shape index (κ2) is 5.87. The standard InChI is InChI=1S/C15H19BrO3/c1-5-15(16,13(18)19-14(2,3)4)12(17)11-9-7-6-8-10-11/h6-10H,5H2,1-4H3. The number of carbonyl (C=O) groups excluding carboxylic acids is 2. The van der Waals surface area contributed by atoms with Gasteiger partial charge in [-0.3, -0.25) is 9.59 Å². The normalized spacial score (nSPS) is 14.6. The molecule has 0 aliphatic heterocycles. The van der Waals surface area contributed by atoms with Gasteiger partial charge < -0.3 is 4.74 Å². The summed E-state index contributed by atoms with van der Waals surface area (Å²) in [5.74, 6) is -0.818. The number of hydrogen-bond acceptors (Lipinski definition) is 3. The predicted octanol–water partition coefficient (Wildman–Crippen LogP) is 3.75. The highest BCUT2D eigenvalue weighted by Crippen LogP contribution is 2.30. The zero-order valence-corrected chi connectivity index (χ0v) is 13.3. The molecule has 0 radical (unpaired) electrons. The van der Waals surface area contributed by atoms with Gasteiger partial charge in [-0.2, -0.15) is 0 Å². The molecule has 104 valence electrons. The molecule has 1 atom stereocenters. The minimum Gasteiger partial charge on any atom is -0.459 e. The van der Waals surface area contributed by atoms with Gasteiger partial charge in [-0.1, -0.05) is 53.2 Å². The maximum absolute atomic E-state index is 12.5. The molecule has 1 rings (SSSR count). The van der Waals surface area contributed by atoms with E-state index >= 15 is 0 Å². The summed E-state index contributed by atoms with van der Waals surface area (Å²) < 4.78 is 4.01. The Labute approximate surface area is 122 Å². The number of benzene rings is 1. The fraction of sp³-hybridized carbons (Fsp3) is 0.467. The second-order valence-corrected chi connectivity index (χ2v) is 6.71. The lowest BCUT2D eigenvalue weighted by Gasteiger charge is -2.28. The lowest BCUT2D eigenvalue weighted by Crippen LogP contribution is -2.44. The van der Waals surface area contributed by atoms with E-state index in [0.717, 1.165) is 0 Å². The minimum absolute atomic E-state index is 0.273. The first-order valence-electron chi connectivity index (χ1n) is 6.23. The summed E-state index contributed by atoms with van der Waals surface area (Å²) in [6, 6.07) is 8.75. The molecule has 1 aromatic rings. The Morgan fingerprint density at radius 2 is 1.68 bits per heavy atom. The van der Waals surface area contributed by atoms with Gasteiger partial charge in [0.05, 0.1) is 0 Å². The van der Waals surface area contributed by atoms with E-state index < -0.39 is 15.9 Å². The molecule has 0 aromatic heterocycles. The van der Waals surface area contributed by atoms with Crippen LogP contribution >= 0.6 is 15.9 Å². The first kappa shape index (κ1) is 15.9. The summed E-state index contributed by atoms with van der Waals surface area (Å²) in [6.07, 6.45) is 0.329. The van der Waals surface area contributed by atoms with Gasteiger partial charge in [-0.25, -0.2) is 0 Å². The summed E-state index contributed by atoms with van der Waals surface area (Å²) in [7, 11) is 0. The molecule has 0 spiro atoms. The monoisotopic (exact) mass is 326 g/mol. The summed E-state index contributed by atoms with van der Waals surface area (Å²) in [6.45, 7) is 7.11. The largest absolute Gasteiger partial charge is 0.459 e. The third-order valence-corrected chi connectivity index (χ3v) is 3.85. The van der Waals surface area contributed by atoms with Crippen molar-refractivity contribution in [1.29, 1.82) is 0 Å². The van der Waals surface area contributed by atoms with Crippen molar-refractivity contribution in [3.05, 3.63) is 35.9 Å². The van der Waals surface area contributed by atoms with Crippen LogP contribution in [0.2, 0.25) is 0 Å². The molecule has 0 fully saturated rings. The lowest BCUT2D eigenvalue weighted by molar-refractivity contribution is -0.156. The maximum Gasteiger partial charge on any atom is 0.331 e. The Hall–Kier alpha value is -1.16. The van der Waals surface area contributed by atoms with Crippen LogP contribution in [0.3, 0.4) is 0 Å². The van der Waals surface area contributed by atoms with Crippen molar-refractivity contribution < 1.29 is 14.3 Å². The topological polar surface area (TPSA) is 43.4 Å². The zero-order chi connectivity index (χ0) is 14.7. The summed E-state index contributed by atoms with van der Waals surface area (Å²) >= 11 is 3.28. The van der Waals surface area contributed by atoms with Crippen LogP contribution in [0.15, 0.2) is 30.3 Å². The first-order valence-corrected chi connectivity index (χ1v) is 7.02. The number of alkyl halides is 1. The van der Waals surface area contributed by atoms with Gasteiger partial charge in [0, 0.05) is 5.56 Å². The number of halogens is 1. The van der Waals surface area contributed by atoms with Crippen molar-refractivity contribution in [1.82, 2.24) is 0 Å². The maximum atomic E-state index is 12.5. The molecule has 0 saturated carbocycles. The van der Waals surface area contributed by atoms with E-state index in [9.17, 15) is 9.59 Å². The summed E-state index contributed by atoms with van der Waals surface area (Å²) in [5, 5.41) is 0. The van der Waals surface area contributed by atoms with Crippen LogP contribution in [0.5, 0.6) is 0 Å². The van der Waals surface area contributed by atoms with Crippen LogP contribution in [0.1, 0.15) is 44.5 Å². The number of Topliss-reactive ketones (excluding diaryl/α,β-unsaturated/α-hetero) is 1. The summed E-state index contributed by atoms with van der Waals surface area (Å²) in [5.41, 5.74) is -0.130. The van der Waals surface area contributed by atoms with E-state index in [1.807, 2.05) is 6.07 Å². The Balaban J connectivity index is 3.04. The Morgan fingerprint density at radius 3 is 2.11 bits per heavy atom. The Morgan fingerprint density at radius 1 is 1.16 bits per heavy atom. The number of esters is 1. The fourth-order valence-corrected chi connectivity index (χ4v) is 1.88. The van der Waals surface area contributed by atoms with Gasteiger partial charge in [-0.15, -0.1) is 0 Å². The molecule has 19 heavy (non-hydrogen) atoms. The van der Waals surface area contributed by atoms with Crippen molar-refractivity contribution in [2.45, 2.75) is 44.0 Å². The van der Waals surface area contributed by atoms with Gasteiger partial charge in [0.15, 0.2) is 10.1 Å². The quantitative estimate of drug-likeness (QED) is 0.366. The summed E-state index contributed by atoms with van der Waals surface area (Å²) in [4.78, 5) is 24.7. The third kappa shape index (κ3) is 3.90. The van der Waals surface area contributed by atoms with Gasteiger partial charge in [0.25, 0.3) is 0 Å². The van der Waals surface area contributed by atoms with Gasteiger partial charge in [0.2, 0.25) is 0 Å². The SMILES string of the molecule is CCC(Br)(C(=O)OC(C)(C)C)C(=O)c1ccccc1. The van der Waals surface area contributed by atoms with E-state index in [1.165, 1.54) is 0 Å². The van der Waals surface area contributed by atoms with Crippen molar-refractivity contribution >= 4 is 27.7 Å². The Kier molecular flexibility index (Phi) is 4.91. The average molecular weight is 327 g/mol. The molecular formula is C15H19BrO3. The van der Waals surface area contributed by atoms with E-state index in [1.54, 1.807) is 52.0 Å². The number of ether oxygens (including phenoxy) is 1. The minimum atomic E-state index is -1.32. The molecule has 0 amide bonds. The van der Waals surface area contributed by atoms with Crippen molar-refractivity contribution in [2.75, 3.05) is 0 Å². The lowest BCUT2D eigenvalue weighted by atomic mass is 9.95. The molecule has 0 heterocycles. The first-order chi connectivity index (χ1) is 8.70. The molecule has 3 nitrogen and oxygen atoms in total. The van der Waals surface area contributed by atoms with E-state index in [4.69, 9.17) is 4.74 Å². The van der Waals surface area contributed by atoms with Crippen molar-refractivity contribution in [2.24, 2.45) is 0 Å². The van der Waals surface area contributed by atoms with Gasteiger partial charge >= 0.3 is 5.97 Å². The molecule has 0 aliphatic carbocycles. The molecule has 0 saturated heterocycles. The molecule has 0 bridgehead atoms. The molecule has 0 aliphatic rings. The highest BCUT2D eigenvalue weighted by Gasteiger charge is 2.45. The Bertz CT molecular complexity index is 462. The van der Waals surface area contributed by atoms with E-state index in [2.05, 4.69) is 15.9 Å². The van der Waals surface area contributed by atoms with Gasteiger partial charge in [0.1, 0.15) is 5.60 Å². The van der Waals surface area contributed by atoms with Crippen molar-refractivity contribution in [3.8, 4) is 0 Å². The fourth-order valence-electron chi connectivity index (χ4n) is 1.57. The van der Waals surface area contributed by atoms with Crippen LogP contribution in [0.4, 0.5) is 0 Å². The number of rotatable bonds is 4. The zero-order valence-electron chi connectivity index (χ0n) is 11.7.